The Balaban J connectivity index is -0.00000244. The summed E-state index contributed by atoms with van der Waals surface area (Å²) < 4.78 is 5.87. The van der Waals surface area contributed by atoms with Gasteiger partial charge in [-0.05, 0) is 12.8 Å². The van der Waals surface area contributed by atoms with Gasteiger partial charge in [0.15, 0.2) is 0 Å². The van der Waals surface area contributed by atoms with Crippen LogP contribution in [0.5, 0.6) is 0 Å². The van der Waals surface area contributed by atoms with E-state index in [0.29, 0.717) is 0 Å². The second-order valence-electron chi connectivity index (χ2n) is 12.7. The molecule has 262 valence electrons. The maximum Gasteiger partial charge on any atom is 0.0662 e. The number of ether oxygens (including phenoxy) is 1. The topological polar surface area (TPSA) is 49.7 Å². The standard InChI is InChI=1S/C36H74O.C2H6O2.C2H4/c1-3-5-7-9-11-13-15-17-19-21-23-25-27-29-31-33-35-37-36-34-32-30-28-26-24-22-20-18-16-14-12-10-8-6-4-2;3-1-2-4;1-2/h3-36H2,1-2H3;3-4H,1-2H2;1-2H2. The molecule has 0 atom stereocenters. The first-order chi connectivity index (χ1) is 21.3. The Morgan fingerprint density at radius 1 is 0.302 bits per heavy atom. The molecule has 0 aliphatic rings. The zero-order valence-electron chi connectivity index (χ0n) is 30.2. The minimum atomic E-state index is -0.125. The summed E-state index contributed by atoms with van der Waals surface area (Å²) in [6.07, 6.45) is 46.0. The molecule has 3 heteroatoms. The highest BCUT2D eigenvalue weighted by Gasteiger charge is 1.97. The Labute approximate surface area is 273 Å². The quantitative estimate of drug-likeness (QED) is 0.0553. The van der Waals surface area contributed by atoms with Crippen LogP contribution in [0.25, 0.3) is 0 Å². The first-order valence-electron chi connectivity index (χ1n) is 19.6. The molecule has 0 radical (unpaired) electrons. The maximum atomic E-state index is 7.62. The van der Waals surface area contributed by atoms with Gasteiger partial charge in [-0.15, -0.1) is 13.2 Å². The lowest BCUT2D eigenvalue weighted by molar-refractivity contribution is 0.125. The first-order valence-corrected chi connectivity index (χ1v) is 19.6. The molecule has 0 saturated heterocycles. The first kappa shape index (κ1) is 47.0. The number of aliphatic hydroxyl groups is 2. The van der Waals surface area contributed by atoms with Crippen LogP contribution in [0, 0.1) is 0 Å². The van der Waals surface area contributed by atoms with Gasteiger partial charge in [-0.25, -0.2) is 0 Å². The fraction of sp³-hybridized carbons (Fsp3) is 0.950. The van der Waals surface area contributed by atoms with Crippen LogP contribution in [-0.2, 0) is 4.74 Å². The monoisotopic (exact) mass is 613 g/mol. The van der Waals surface area contributed by atoms with E-state index in [4.69, 9.17) is 14.9 Å². The highest BCUT2D eigenvalue weighted by Crippen LogP contribution is 2.15. The smallest absolute Gasteiger partial charge is 0.0662 e. The van der Waals surface area contributed by atoms with Crippen LogP contribution in [-0.4, -0.2) is 36.6 Å². The van der Waals surface area contributed by atoms with Crippen LogP contribution in [0.2, 0.25) is 0 Å². The van der Waals surface area contributed by atoms with Gasteiger partial charge in [0.25, 0.3) is 0 Å². The second-order valence-corrected chi connectivity index (χ2v) is 12.7. The fourth-order valence-electron chi connectivity index (χ4n) is 5.61. The van der Waals surface area contributed by atoms with Crippen molar-refractivity contribution in [1.29, 1.82) is 0 Å². The Hall–Kier alpha value is -0.380. The largest absolute Gasteiger partial charge is 0.394 e. The Morgan fingerprint density at radius 3 is 0.628 bits per heavy atom. The highest BCUT2D eigenvalue weighted by atomic mass is 16.5. The van der Waals surface area contributed by atoms with Crippen LogP contribution in [0.4, 0.5) is 0 Å². The van der Waals surface area contributed by atoms with E-state index in [1.807, 2.05) is 0 Å². The highest BCUT2D eigenvalue weighted by molar-refractivity contribution is 4.52. The van der Waals surface area contributed by atoms with Crippen molar-refractivity contribution in [3.8, 4) is 0 Å². The molecular formula is C40H84O3. The maximum absolute atomic E-state index is 7.62. The summed E-state index contributed by atoms with van der Waals surface area (Å²) in [5.74, 6) is 0. The molecule has 0 rings (SSSR count). The van der Waals surface area contributed by atoms with Crippen molar-refractivity contribution in [2.45, 2.75) is 219 Å². The van der Waals surface area contributed by atoms with Crippen molar-refractivity contribution in [3.05, 3.63) is 13.2 Å². The molecular weight excluding hydrogens is 528 g/mol. The number of aliphatic hydroxyl groups excluding tert-OH is 2. The average Bonchev–Trinajstić information content (AvgIpc) is 3.04. The molecule has 0 aliphatic heterocycles. The molecule has 0 aliphatic carbocycles. The van der Waals surface area contributed by atoms with Crippen LogP contribution in [0.1, 0.15) is 219 Å². The van der Waals surface area contributed by atoms with Gasteiger partial charge in [0.05, 0.1) is 13.2 Å². The van der Waals surface area contributed by atoms with Crippen LogP contribution >= 0.6 is 0 Å². The average molecular weight is 613 g/mol. The van der Waals surface area contributed by atoms with Gasteiger partial charge in [-0.2, -0.15) is 0 Å². The van der Waals surface area contributed by atoms with E-state index in [-0.39, 0.29) is 13.2 Å². The summed E-state index contributed by atoms with van der Waals surface area (Å²) in [6, 6.07) is 0. The molecule has 0 bridgehead atoms. The van der Waals surface area contributed by atoms with Crippen molar-refractivity contribution in [1.82, 2.24) is 0 Å². The molecule has 0 aromatic rings. The summed E-state index contributed by atoms with van der Waals surface area (Å²) >= 11 is 0. The van der Waals surface area contributed by atoms with Gasteiger partial charge in [-0.3, -0.25) is 0 Å². The molecule has 0 saturated carbocycles. The molecule has 43 heavy (non-hydrogen) atoms. The molecule has 0 amide bonds. The van der Waals surface area contributed by atoms with Gasteiger partial charge < -0.3 is 14.9 Å². The van der Waals surface area contributed by atoms with E-state index in [2.05, 4.69) is 27.0 Å². The third kappa shape index (κ3) is 54.5. The van der Waals surface area contributed by atoms with Gasteiger partial charge in [0, 0.05) is 13.2 Å². The molecule has 0 aromatic heterocycles. The zero-order chi connectivity index (χ0) is 32.2. The lowest BCUT2D eigenvalue weighted by Crippen LogP contribution is -1.97. The minimum Gasteiger partial charge on any atom is -0.394 e. The van der Waals surface area contributed by atoms with E-state index in [9.17, 15) is 0 Å². The SMILES string of the molecule is C=C.CCCCCCCCCCCCCCCCCCOCCCCCCCCCCCCCCCCCC.OCCO. The fourth-order valence-corrected chi connectivity index (χ4v) is 5.61. The van der Waals surface area contributed by atoms with Crippen LogP contribution < -0.4 is 0 Å². The van der Waals surface area contributed by atoms with Crippen LogP contribution in [0.3, 0.4) is 0 Å². The van der Waals surface area contributed by atoms with E-state index in [1.165, 1.54) is 205 Å². The van der Waals surface area contributed by atoms with Gasteiger partial charge >= 0.3 is 0 Å². The number of rotatable bonds is 35. The molecule has 0 spiro atoms. The summed E-state index contributed by atoms with van der Waals surface area (Å²) in [4.78, 5) is 0. The molecule has 2 N–H and O–H groups in total. The predicted octanol–water partition coefficient (Wildman–Crippen LogP) is 13.3. The summed E-state index contributed by atoms with van der Waals surface area (Å²) in [7, 11) is 0. The third-order valence-corrected chi connectivity index (χ3v) is 8.38. The van der Waals surface area contributed by atoms with Gasteiger partial charge in [-0.1, -0.05) is 206 Å². The molecule has 3 nitrogen and oxygen atoms in total. The van der Waals surface area contributed by atoms with E-state index in [1.54, 1.807) is 0 Å². The predicted molar refractivity (Wildman–Crippen MR) is 195 cm³/mol. The molecule has 0 heterocycles. The summed E-state index contributed by atoms with van der Waals surface area (Å²) in [5.41, 5.74) is 0. The Bertz CT molecular complexity index is 379. The van der Waals surface area contributed by atoms with Gasteiger partial charge in [0.1, 0.15) is 0 Å². The normalized spacial score (nSPS) is 10.7. The second kappa shape index (κ2) is 51.2. The number of unbranched alkanes of at least 4 members (excludes halogenated alkanes) is 30. The third-order valence-electron chi connectivity index (χ3n) is 8.38. The van der Waals surface area contributed by atoms with Crippen molar-refractivity contribution >= 4 is 0 Å². The van der Waals surface area contributed by atoms with Crippen molar-refractivity contribution < 1.29 is 14.9 Å². The lowest BCUT2D eigenvalue weighted by Gasteiger charge is -2.06. The zero-order valence-corrected chi connectivity index (χ0v) is 30.2. The Morgan fingerprint density at radius 2 is 0.465 bits per heavy atom. The number of hydrogen-bond acceptors (Lipinski definition) is 3. The Kier molecular flexibility index (Phi) is 56.0. The molecule has 0 aromatic carbocycles. The van der Waals surface area contributed by atoms with Crippen molar-refractivity contribution in [2.24, 2.45) is 0 Å². The van der Waals surface area contributed by atoms with Crippen molar-refractivity contribution in [3.63, 3.8) is 0 Å². The van der Waals surface area contributed by atoms with Crippen molar-refractivity contribution in [2.75, 3.05) is 26.4 Å². The summed E-state index contributed by atoms with van der Waals surface area (Å²) in [6.45, 7) is 12.4. The van der Waals surface area contributed by atoms with Gasteiger partial charge in [0.2, 0.25) is 0 Å². The molecule has 0 fully saturated rings. The van der Waals surface area contributed by atoms with E-state index >= 15 is 0 Å². The molecule has 0 unspecified atom stereocenters. The minimum absolute atomic E-state index is 0.125. The number of hydrogen-bond donors (Lipinski definition) is 2. The van der Waals surface area contributed by atoms with E-state index in [0.717, 1.165) is 13.2 Å². The van der Waals surface area contributed by atoms with Crippen LogP contribution in [0.15, 0.2) is 13.2 Å². The lowest BCUT2D eigenvalue weighted by atomic mass is 10.0. The van der Waals surface area contributed by atoms with E-state index < -0.39 is 0 Å². The summed E-state index contributed by atoms with van der Waals surface area (Å²) in [5, 5.41) is 15.2.